The molecular weight excluding hydrogens is 238 g/mol. The summed E-state index contributed by atoms with van der Waals surface area (Å²) in [6.07, 6.45) is 5.67. The van der Waals surface area contributed by atoms with Gasteiger partial charge in [0.15, 0.2) is 0 Å². The molecule has 0 aromatic heterocycles. The molecule has 1 saturated carbocycles. The number of hydrogen-bond acceptors (Lipinski definition) is 3. The van der Waals surface area contributed by atoms with Gasteiger partial charge in [0.05, 0.1) is 19.8 Å². The molecule has 19 heavy (non-hydrogen) atoms. The molecule has 106 valence electrons. The fraction of sp³-hybridized carbons (Fsp3) is 0.625. The first kappa shape index (κ1) is 14.2. The molecule has 1 aromatic rings. The van der Waals surface area contributed by atoms with Gasteiger partial charge >= 0.3 is 0 Å². The van der Waals surface area contributed by atoms with Crippen molar-refractivity contribution in [2.75, 3.05) is 14.2 Å². The normalized spacial score (nSPS) is 27.1. The first-order valence-corrected chi connectivity index (χ1v) is 7.15. The highest BCUT2D eigenvalue weighted by molar-refractivity contribution is 5.49. The molecule has 3 nitrogen and oxygen atoms in total. The standard InChI is InChI=1S/C16H25NO2/c1-4-12-7-6-10-16(17,11-12)15-13(18-2)8-5-9-14(15)19-3/h5,8-9,12H,4,6-7,10-11,17H2,1-3H3. The summed E-state index contributed by atoms with van der Waals surface area (Å²) in [5.74, 6) is 2.39. The van der Waals surface area contributed by atoms with Crippen molar-refractivity contribution in [2.45, 2.75) is 44.6 Å². The van der Waals surface area contributed by atoms with Crippen LogP contribution in [-0.2, 0) is 5.54 Å². The van der Waals surface area contributed by atoms with E-state index in [9.17, 15) is 0 Å². The van der Waals surface area contributed by atoms with Gasteiger partial charge < -0.3 is 15.2 Å². The third kappa shape index (κ3) is 2.71. The smallest absolute Gasteiger partial charge is 0.127 e. The Kier molecular flexibility index (Phi) is 4.35. The minimum absolute atomic E-state index is 0.323. The van der Waals surface area contributed by atoms with Crippen LogP contribution in [0.2, 0.25) is 0 Å². The molecule has 0 bridgehead atoms. The fourth-order valence-electron chi connectivity index (χ4n) is 3.34. The molecular formula is C16H25NO2. The van der Waals surface area contributed by atoms with Gasteiger partial charge in [-0.1, -0.05) is 32.3 Å². The summed E-state index contributed by atoms with van der Waals surface area (Å²) in [6, 6.07) is 5.90. The molecule has 0 aliphatic heterocycles. The summed E-state index contributed by atoms with van der Waals surface area (Å²) in [5.41, 5.74) is 7.46. The van der Waals surface area contributed by atoms with Gasteiger partial charge in [-0.25, -0.2) is 0 Å². The zero-order valence-corrected chi connectivity index (χ0v) is 12.2. The number of benzene rings is 1. The molecule has 0 heterocycles. The van der Waals surface area contributed by atoms with E-state index < -0.39 is 0 Å². The zero-order chi connectivity index (χ0) is 13.9. The van der Waals surface area contributed by atoms with Crippen molar-refractivity contribution in [1.29, 1.82) is 0 Å². The molecule has 1 aliphatic rings. The van der Waals surface area contributed by atoms with Crippen molar-refractivity contribution < 1.29 is 9.47 Å². The number of ether oxygens (including phenoxy) is 2. The Bertz CT molecular complexity index is 411. The first-order valence-electron chi connectivity index (χ1n) is 7.15. The molecule has 2 N–H and O–H groups in total. The third-order valence-electron chi connectivity index (χ3n) is 4.39. The Morgan fingerprint density at radius 2 is 1.89 bits per heavy atom. The van der Waals surface area contributed by atoms with Crippen LogP contribution in [0.15, 0.2) is 18.2 Å². The van der Waals surface area contributed by atoms with E-state index in [1.165, 1.54) is 19.3 Å². The molecule has 3 heteroatoms. The first-order chi connectivity index (χ1) is 9.14. The summed E-state index contributed by atoms with van der Waals surface area (Å²) < 4.78 is 11.0. The van der Waals surface area contributed by atoms with E-state index in [-0.39, 0.29) is 5.54 Å². The molecule has 0 radical (unpaired) electrons. The Morgan fingerprint density at radius 1 is 1.26 bits per heavy atom. The SMILES string of the molecule is CCC1CCCC(N)(c2c(OC)cccc2OC)C1. The molecule has 1 aliphatic carbocycles. The highest BCUT2D eigenvalue weighted by Crippen LogP contribution is 2.46. The monoisotopic (exact) mass is 263 g/mol. The Hall–Kier alpha value is -1.22. The van der Waals surface area contributed by atoms with E-state index >= 15 is 0 Å². The molecule has 2 unspecified atom stereocenters. The number of hydrogen-bond donors (Lipinski definition) is 1. The van der Waals surface area contributed by atoms with Gasteiger partial charge in [-0.3, -0.25) is 0 Å². The van der Waals surface area contributed by atoms with Crippen LogP contribution in [0.4, 0.5) is 0 Å². The molecule has 0 spiro atoms. The van der Waals surface area contributed by atoms with Crippen LogP contribution in [0, 0.1) is 5.92 Å². The molecule has 1 aromatic carbocycles. The summed E-state index contributed by atoms with van der Waals surface area (Å²) in [6.45, 7) is 2.25. The van der Waals surface area contributed by atoms with Crippen LogP contribution in [-0.4, -0.2) is 14.2 Å². The lowest BCUT2D eigenvalue weighted by molar-refractivity contribution is 0.210. The topological polar surface area (TPSA) is 44.5 Å². The minimum atomic E-state index is -0.323. The van der Waals surface area contributed by atoms with Crippen molar-refractivity contribution in [3.05, 3.63) is 23.8 Å². The molecule has 1 fully saturated rings. The average molecular weight is 263 g/mol. The molecule has 0 amide bonds. The predicted octanol–water partition coefficient (Wildman–Crippen LogP) is 3.46. The number of rotatable bonds is 4. The second-order valence-corrected chi connectivity index (χ2v) is 5.56. The van der Waals surface area contributed by atoms with Gasteiger partial charge in [0.2, 0.25) is 0 Å². The van der Waals surface area contributed by atoms with Crippen molar-refractivity contribution in [2.24, 2.45) is 11.7 Å². The summed E-state index contributed by atoms with van der Waals surface area (Å²) in [4.78, 5) is 0. The Labute approximate surface area is 116 Å². The van der Waals surface area contributed by atoms with Crippen LogP contribution >= 0.6 is 0 Å². The highest BCUT2D eigenvalue weighted by atomic mass is 16.5. The van der Waals surface area contributed by atoms with E-state index in [0.717, 1.165) is 29.9 Å². The van der Waals surface area contributed by atoms with Crippen molar-refractivity contribution in [3.8, 4) is 11.5 Å². The maximum Gasteiger partial charge on any atom is 0.127 e. The number of nitrogens with two attached hydrogens (primary N) is 1. The Morgan fingerprint density at radius 3 is 2.42 bits per heavy atom. The van der Waals surface area contributed by atoms with Crippen molar-refractivity contribution in [1.82, 2.24) is 0 Å². The quantitative estimate of drug-likeness (QED) is 0.904. The minimum Gasteiger partial charge on any atom is -0.496 e. The largest absolute Gasteiger partial charge is 0.496 e. The lowest BCUT2D eigenvalue weighted by Gasteiger charge is -2.39. The van der Waals surface area contributed by atoms with E-state index in [1.54, 1.807) is 14.2 Å². The predicted molar refractivity (Wildman–Crippen MR) is 77.7 cm³/mol. The maximum absolute atomic E-state index is 6.74. The van der Waals surface area contributed by atoms with Crippen LogP contribution in [0.25, 0.3) is 0 Å². The number of methoxy groups -OCH3 is 2. The van der Waals surface area contributed by atoms with Gasteiger partial charge in [-0.2, -0.15) is 0 Å². The molecule has 2 rings (SSSR count). The van der Waals surface area contributed by atoms with E-state index in [2.05, 4.69) is 6.92 Å². The summed E-state index contributed by atoms with van der Waals surface area (Å²) in [7, 11) is 3.39. The van der Waals surface area contributed by atoms with Gasteiger partial charge in [0, 0.05) is 5.54 Å². The highest BCUT2D eigenvalue weighted by Gasteiger charge is 2.38. The van der Waals surface area contributed by atoms with Crippen molar-refractivity contribution >= 4 is 0 Å². The summed E-state index contributed by atoms with van der Waals surface area (Å²) in [5, 5.41) is 0. The lowest BCUT2D eigenvalue weighted by Crippen LogP contribution is -2.42. The van der Waals surface area contributed by atoms with E-state index in [1.807, 2.05) is 18.2 Å². The van der Waals surface area contributed by atoms with Crippen LogP contribution in [0.1, 0.15) is 44.6 Å². The fourth-order valence-corrected chi connectivity index (χ4v) is 3.34. The molecule has 2 atom stereocenters. The zero-order valence-electron chi connectivity index (χ0n) is 12.2. The van der Waals surface area contributed by atoms with Gasteiger partial charge in [-0.05, 0) is 30.9 Å². The second kappa shape index (κ2) is 5.83. The van der Waals surface area contributed by atoms with Crippen molar-refractivity contribution in [3.63, 3.8) is 0 Å². The maximum atomic E-state index is 6.74. The van der Waals surface area contributed by atoms with Gasteiger partial charge in [0.25, 0.3) is 0 Å². The average Bonchev–Trinajstić information content (AvgIpc) is 2.46. The second-order valence-electron chi connectivity index (χ2n) is 5.56. The van der Waals surface area contributed by atoms with E-state index in [4.69, 9.17) is 15.2 Å². The lowest BCUT2D eigenvalue weighted by atomic mass is 9.71. The van der Waals surface area contributed by atoms with Gasteiger partial charge in [0.1, 0.15) is 11.5 Å². The third-order valence-corrected chi connectivity index (χ3v) is 4.39. The summed E-state index contributed by atoms with van der Waals surface area (Å²) >= 11 is 0. The van der Waals surface area contributed by atoms with E-state index in [0.29, 0.717) is 5.92 Å². The molecule has 0 saturated heterocycles. The van der Waals surface area contributed by atoms with Crippen LogP contribution in [0.5, 0.6) is 11.5 Å². The van der Waals surface area contributed by atoms with Gasteiger partial charge in [-0.15, -0.1) is 0 Å². The Balaban J connectivity index is 2.43. The van der Waals surface area contributed by atoms with Crippen LogP contribution < -0.4 is 15.2 Å². The van der Waals surface area contributed by atoms with Crippen LogP contribution in [0.3, 0.4) is 0 Å².